The Bertz CT molecular complexity index is 159. The summed E-state index contributed by atoms with van der Waals surface area (Å²) in [6.07, 6.45) is 2.25. The van der Waals surface area contributed by atoms with Gasteiger partial charge in [0.2, 0.25) is 0 Å². The Morgan fingerprint density at radius 1 is 1.50 bits per heavy atom. The number of hydrogen-bond donors (Lipinski definition) is 2. The van der Waals surface area contributed by atoms with Gasteiger partial charge >= 0.3 is 0 Å². The third-order valence-corrected chi connectivity index (χ3v) is 2.82. The number of rotatable bonds is 4. The zero-order valence-electron chi connectivity index (χ0n) is 9.79. The first-order valence-corrected chi connectivity index (χ1v) is 5.75. The number of nitrogens with two attached hydrogens (primary N) is 1. The van der Waals surface area contributed by atoms with E-state index in [0.717, 1.165) is 32.5 Å². The molecule has 84 valence electrons. The number of piperazine rings is 1. The standard InChI is InChI=1S/C11H25N3/c1-9(2)6-10(12)7-11-8-14(3)5-4-13-11/h9-11,13H,4-8,12H2,1-3H3. The van der Waals surface area contributed by atoms with Crippen molar-refractivity contribution >= 4 is 0 Å². The smallest absolute Gasteiger partial charge is 0.0210 e. The minimum atomic E-state index is 0.360. The molecule has 1 fully saturated rings. The fraction of sp³-hybridized carbons (Fsp3) is 1.00. The molecule has 0 spiro atoms. The molecule has 3 N–H and O–H groups in total. The van der Waals surface area contributed by atoms with Crippen LogP contribution in [-0.4, -0.2) is 43.7 Å². The molecule has 0 bridgehead atoms. The molecule has 0 aliphatic carbocycles. The first-order valence-electron chi connectivity index (χ1n) is 5.75. The van der Waals surface area contributed by atoms with Gasteiger partial charge in [-0.25, -0.2) is 0 Å². The van der Waals surface area contributed by atoms with Crippen LogP contribution < -0.4 is 11.1 Å². The highest BCUT2D eigenvalue weighted by molar-refractivity contribution is 4.80. The average Bonchev–Trinajstić information content (AvgIpc) is 2.01. The van der Waals surface area contributed by atoms with Crippen molar-refractivity contribution in [2.75, 3.05) is 26.7 Å². The van der Waals surface area contributed by atoms with Crippen molar-refractivity contribution in [1.29, 1.82) is 0 Å². The zero-order valence-corrected chi connectivity index (χ0v) is 9.79. The predicted molar refractivity (Wildman–Crippen MR) is 61.3 cm³/mol. The van der Waals surface area contributed by atoms with E-state index in [-0.39, 0.29) is 0 Å². The second-order valence-corrected chi connectivity index (χ2v) is 5.04. The van der Waals surface area contributed by atoms with E-state index in [0.29, 0.717) is 18.0 Å². The summed E-state index contributed by atoms with van der Waals surface area (Å²) in [6.45, 7) is 7.89. The molecule has 0 aromatic heterocycles. The minimum Gasteiger partial charge on any atom is -0.328 e. The van der Waals surface area contributed by atoms with Gasteiger partial charge in [-0.3, -0.25) is 0 Å². The first kappa shape index (κ1) is 12.0. The molecule has 1 aliphatic rings. The Morgan fingerprint density at radius 2 is 2.21 bits per heavy atom. The van der Waals surface area contributed by atoms with E-state index >= 15 is 0 Å². The maximum Gasteiger partial charge on any atom is 0.0210 e. The Balaban J connectivity index is 2.21. The van der Waals surface area contributed by atoms with Crippen molar-refractivity contribution in [1.82, 2.24) is 10.2 Å². The summed E-state index contributed by atoms with van der Waals surface area (Å²) >= 11 is 0. The summed E-state index contributed by atoms with van der Waals surface area (Å²) in [4.78, 5) is 2.38. The van der Waals surface area contributed by atoms with Crippen LogP contribution >= 0.6 is 0 Å². The van der Waals surface area contributed by atoms with Crippen molar-refractivity contribution in [2.24, 2.45) is 11.7 Å². The molecular formula is C11H25N3. The van der Waals surface area contributed by atoms with Crippen LogP contribution in [-0.2, 0) is 0 Å². The Morgan fingerprint density at radius 3 is 2.79 bits per heavy atom. The van der Waals surface area contributed by atoms with Gasteiger partial charge in [0.25, 0.3) is 0 Å². The van der Waals surface area contributed by atoms with Crippen LogP contribution in [0.4, 0.5) is 0 Å². The summed E-state index contributed by atoms with van der Waals surface area (Å²) in [6, 6.07) is 0.960. The van der Waals surface area contributed by atoms with Crippen LogP contribution in [0.1, 0.15) is 26.7 Å². The largest absolute Gasteiger partial charge is 0.328 e. The minimum absolute atomic E-state index is 0.360. The third kappa shape index (κ3) is 4.40. The van der Waals surface area contributed by atoms with Gasteiger partial charge in [0.05, 0.1) is 0 Å². The molecule has 0 radical (unpaired) electrons. The highest BCUT2D eigenvalue weighted by atomic mass is 15.2. The third-order valence-electron chi connectivity index (χ3n) is 2.82. The lowest BCUT2D eigenvalue weighted by Gasteiger charge is -2.32. The second-order valence-electron chi connectivity index (χ2n) is 5.04. The van der Waals surface area contributed by atoms with E-state index in [1.807, 2.05) is 0 Å². The summed E-state index contributed by atoms with van der Waals surface area (Å²) in [5.41, 5.74) is 6.09. The Hall–Kier alpha value is -0.120. The maximum absolute atomic E-state index is 6.09. The molecule has 0 aromatic rings. The van der Waals surface area contributed by atoms with Crippen molar-refractivity contribution in [3.05, 3.63) is 0 Å². The van der Waals surface area contributed by atoms with E-state index in [9.17, 15) is 0 Å². The molecule has 0 aromatic carbocycles. The molecule has 1 heterocycles. The first-order chi connectivity index (χ1) is 6.58. The fourth-order valence-electron chi connectivity index (χ4n) is 2.22. The normalized spacial score (nSPS) is 26.8. The van der Waals surface area contributed by atoms with Gasteiger partial charge in [-0.1, -0.05) is 13.8 Å². The van der Waals surface area contributed by atoms with E-state index < -0.39 is 0 Å². The van der Waals surface area contributed by atoms with Crippen LogP contribution in [0.15, 0.2) is 0 Å². The molecule has 2 atom stereocenters. The van der Waals surface area contributed by atoms with Gasteiger partial charge in [0.1, 0.15) is 0 Å². The molecule has 1 aliphatic heterocycles. The second kappa shape index (κ2) is 5.69. The van der Waals surface area contributed by atoms with Crippen molar-refractivity contribution < 1.29 is 0 Å². The zero-order chi connectivity index (χ0) is 10.6. The van der Waals surface area contributed by atoms with E-state index in [4.69, 9.17) is 5.73 Å². The summed E-state index contributed by atoms with van der Waals surface area (Å²) in [5.74, 6) is 0.714. The van der Waals surface area contributed by atoms with Gasteiger partial charge in [0.15, 0.2) is 0 Å². The quantitative estimate of drug-likeness (QED) is 0.698. The molecule has 2 unspecified atom stereocenters. The molecule has 1 rings (SSSR count). The van der Waals surface area contributed by atoms with Gasteiger partial charge < -0.3 is 16.0 Å². The predicted octanol–water partition coefficient (Wildman–Crippen LogP) is 0.654. The van der Waals surface area contributed by atoms with Gasteiger partial charge in [-0.15, -0.1) is 0 Å². The number of nitrogens with zero attached hydrogens (tertiary/aromatic N) is 1. The number of nitrogens with one attached hydrogen (secondary N) is 1. The van der Waals surface area contributed by atoms with Gasteiger partial charge in [-0.05, 0) is 25.8 Å². The van der Waals surface area contributed by atoms with E-state index in [2.05, 4.69) is 31.1 Å². The molecule has 0 saturated carbocycles. The molecule has 1 saturated heterocycles. The Labute approximate surface area is 88.0 Å². The van der Waals surface area contributed by atoms with Crippen LogP contribution in [0.2, 0.25) is 0 Å². The summed E-state index contributed by atoms with van der Waals surface area (Å²) in [7, 11) is 2.18. The van der Waals surface area contributed by atoms with E-state index in [1.165, 1.54) is 0 Å². The summed E-state index contributed by atoms with van der Waals surface area (Å²) < 4.78 is 0. The van der Waals surface area contributed by atoms with Crippen LogP contribution in [0.3, 0.4) is 0 Å². The molecule has 3 heteroatoms. The fourth-order valence-corrected chi connectivity index (χ4v) is 2.22. The van der Waals surface area contributed by atoms with Gasteiger partial charge in [0, 0.05) is 31.7 Å². The van der Waals surface area contributed by atoms with Crippen molar-refractivity contribution in [3.63, 3.8) is 0 Å². The lowest BCUT2D eigenvalue weighted by molar-refractivity contribution is 0.222. The van der Waals surface area contributed by atoms with Crippen molar-refractivity contribution in [3.8, 4) is 0 Å². The Kier molecular flexibility index (Phi) is 4.85. The maximum atomic E-state index is 6.09. The van der Waals surface area contributed by atoms with Crippen molar-refractivity contribution in [2.45, 2.75) is 38.8 Å². The number of hydrogen-bond acceptors (Lipinski definition) is 3. The highest BCUT2D eigenvalue weighted by Crippen LogP contribution is 2.09. The average molecular weight is 199 g/mol. The van der Waals surface area contributed by atoms with E-state index in [1.54, 1.807) is 0 Å². The van der Waals surface area contributed by atoms with Crippen LogP contribution in [0.5, 0.6) is 0 Å². The lowest BCUT2D eigenvalue weighted by atomic mass is 9.97. The monoisotopic (exact) mass is 199 g/mol. The lowest BCUT2D eigenvalue weighted by Crippen LogP contribution is -2.51. The number of likely N-dealkylation sites (N-methyl/N-ethyl adjacent to an activating group) is 1. The van der Waals surface area contributed by atoms with Crippen LogP contribution in [0, 0.1) is 5.92 Å². The molecule has 3 nitrogen and oxygen atoms in total. The van der Waals surface area contributed by atoms with Gasteiger partial charge in [-0.2, -0.15) is 0 Å². The molecule has 0 amide bonds. The highest BCUT2D eigenvalue weighted by Gasteiger charge is 2.19. The van der Waals surface area contributed by atoms with Crippen LogP contribution in [0.25, 0.3) is 0 Å². The molecular weight excluding hydrogens is 174 g/mol. The topological polar surface area (TPSA) is 41.3 Å². The molecule has 14 heavy (non-hydrogen) atoms. The summed E-state index contributed by atoms with van der Waals surface area (Å²) in [5, 5.41) is 3.53. The SMILES string of the molecule is CC(C)CC(N)CC1CN(C)CCN1.